The number of hydrogen-bond acceptors (Lipinski definition) is 5. The van der Waals surface area contributed by atoms with Gasteiger partial charge in [0.15, 0.2) is 6.29 Å². The zero-order valence-corrected chi connectivity index (χ0v) is 11.9. The molecule has 0 spiro atoms. The summed E-state index contributed by atoms with van der Waals surface area (Å²) in [6.07, 6.45) is 3.36. The van der Waals surface area contributed by atoms with Gasteiger partial charge in [-0.1, -0.05) is 0 Å². The van der Waals surface area contributed by atoms with Gasteiger partial charge in [0.05, 0.1) is 18.7 Å². The molecule has 1 aromatic heterocycles. The Morgan fingerprint density at radius 1 is 1.45 bits per heavy atom. The number of carbonyl (C=O) groups excluding carboxylic acids is 2. The SMILES string of the molecule is CC(C)(C)OC(=O)N1CCOc2c(C=O)cncc2C1. The molecule has 0 N–H and O–H groups in total. The van der Waals surface area contributed by atoms with Gasteiger partial charge in [0, 0.05) is 18.0 Å². The van der Waals surface area contributed by atoms with Crippen LogP contribution in [-0.2, 0) is 11.3 Å². The molecule has 6 nitrogen and oxygen atoms in total. The standard InChI is InChI=1S/C14H18N2O4/c1-14(2,3)20-13(18)16-4-5-19-12-10(8-16)6-15-7-11(12)9-17/h6-7,9H,4-5,8H2,1-3H3. The van der Waals surface area contributed by atoms with E-state index >= 15 is 0 Å². The van der Waals surface area contributed by atoms with E-state index in [1.807, 2.05) is 20.8 Å². The first-order valence-electron chi connectivity index (χ1n) is 6.43. The largest absolute Gasteiger partial charge is 0.491 e. The van der Waals surface area contributed by atoms with Crippen LogP contribution in [0.4, 0.5) is 4.79 Å². The van der Waals surface area contributed by atoms with Crippen molar-refractivity contribution in [3.05, 3.63) is 23.5 Å². The number of aromatic nitrogens is 1. The van der Waals surface area contributed by atoms with Gasteiger partial charge in [-0.15, -0.1) is 0 Å². The molecule has 0 aliphatic carbocycles. The van der Waals surface area contributed by atoms with E-state index in [1.165, 1.54) is 6.20 Å². The second kappa shape index (κ2) is 5.48. The Hall–Kier alpha value is -2.11. The maximum Gasteiger partial charge on any atom is 0.410 e. The predicted octanol–water partition coefficient (Wildman–Crippen LogP) is 2.02. The minimum Gasteiger partial charge on any atom is -0.491 e. The van der Waals surface area contributed by atoms with Crippen LogP contribution in [0.1, 0.15) is 36.7 Å². The van der Waals surface area contributed by atoms with E-state index < -0.39 is 11.7 Å². The van der Waals surface area contributed by atoms with Crippen molar-refractivity contribution in [1.82, 2.24) is 9.88 Å². The zero-order valence-electron chi connectivity index (χ0n) is 11.9. The topological polar surface area (TPSA) is 68.7 Å². The van der Waals surface area contributed by atoms with E-state index in [0.29, 0.717) is 42.9 Å². The molecule has 0 atom stereocenters. The van der Waals surface area contributed by atoms with E-state index in [9.17, 15) is 9.59 Å². The number of rotatable bonds is 1. The molecule has 0 fully saturated rings. The first-order chi connectivity index (χ1) is 9.40. The van der Waals surface area contributed by atoms with Crippen LogP contribution >= 0.6 is 0 Å². The number of hydrogen-bond donors (Lipinski definition) is 0. The third kappa shape index (κ3) is 3.26. The summed E-state index contributed by atoms with van der Waals surface area (Å²) < 4.78 is 10.9. The second-order valence-corrected chi connectivity index (χ2v) is 5.59. The fourth-order valence-corrected chi connectivity index (χ4v) is 1.91. The Balaban J connectivity index is 2.20. The molecular formula is C14H18N2O4. The molecule has 108 valence electrons. The summed E-state index contributed by atoms with van der Waals surface area (Å²) in [4.78, 5) is 28.6. The van der Waals surface area contributed by atoms with E-state index in [0.717, 1.165) is 0 Å². The van der Waals surface area contributed by atoms with Crippen molar-refractivity contribution in [2.75, 3.05) is 13.2 Å². The lowest BCUT2D eigenvalue weighted by molar-refractivity contribution is 0.0225. The van der Waals surface area contributed by atoms with Gasteiger partial charge >= 0.3 is 6.09 Å². The summed E-state index contributed by atoms with van der Waals surface area (Å²) in [5, 5.41) is 0. The van der Waals surface area contributed by atoms with E-state index in [4.69, 9.17) is 9.47 Å². The molecule has 0 aromatic carbocycles. The minimum absolute atomic E-state index is 0.317. The Kier molecular flexibility index (Phi) is 3.92. The summed E-state index contributed by atoms with van der Waals surface area (Å²) in [6, 6.07) is 0. The quantitative estimate of drug-likeness (QED) is 0.735. The second-order valence-electron chi connectivity index (χ2n) is 5.59. The molecule has 1 aliphatic heterocycles. The highest BCUT2D eigenvalue weighted by molar-refractivity contribution is 5.79. The van der Waals surface area contributed by atoms with Crippen LogP contribution in [0.5, 0.6) is 5.75 Å². The maximum atomic E-state index is 12.1. The number of aldehydes is 1. The summed E-state index contributed by atoms with van der Waals surface area (Å²) >= 11 is 0. The van der Waals surface area contributed by atoms with Crippen LogP contribution < -0.4 is 4.74 Å². The molecular weight excluding hydrogens is 260 g/mol. The molecule has 0 saturated heterocycles. The molecule has 0 unspecified atom stereocenters. The highest BCUT2D eigenvalue weighted by Gasteiger charge is 2.26. The smallest absolute Gasteiger partial charge is 0.410 e. The lowest BCUT2D eigenvalue weighted by atomic mass is 10.2. The highest BCUT2D eigenvalue weighted by atomic mass is 16.6. The van der Waals surface area contributed by atoms with Gasteiger partial charge in [0.2, 0.25) is 0 Å². The molecule has 0 radical (unpaired) electrons. The van der Waals surface area contributed by atoms with Gasteiger partial charge < -0.3 is 14.4 Å². The number of pyridine rings is 1. The molecule has 20 heavy (non-hydrogen) atoms. The van der Waals surface area contributed by atoms with Crippen molar-refractivity contribution in [2.24, 2.45) is 0 Å². The first kappa shape index (κ1) is 14.3. The number of fused-ring (bicyclic) bond motifs is 1. The van der Waals surface area contributed by atoms with Gasteiger partial charge in [-0.2, -0.15) is 0 Å². The van der Waals surface area contributed by atoms with Crippen molar-refractivity contribution in [3.63, 3.8) is 0 Å². The van der Waals surface area contributed by atoms with Crippen LogP contribution in [0.3, 0.4) is 0 Å². The van der Waals surface area contributed by atoms with Crippen molar-refractivity contribution in [2.45, 2.75) is 32.9 Å². The molecule has 0 bridgehead atoms. The molecule has 2 heterocycles. The molecule has 6 heteroatoms. The minimum atomic E-state index is -0.546. The van der Waals surface area contributed by atoms with Gasteiger partial charge in [-0.25, -0.2) is 4.79 Å². The van der Waals surface area contributed by atoms with Gasteiger partial charge in [0.1, 0.15) is 18.0 Å². The molecule has 0 saturated carbocycles. The molecule has 1 aliphatic rings. The number of ether oxygens (including phenoxy) is 2. The summed E-state index contributed by atoms with van der Waals surface area (Å²) in [5.74, 6) is 0.501. The van der Waals surface area contributed by atoms with Crippen LogP contribution in [0.25, 0.3) is 0 Å². The lowest BCUT2D eigenvalue weighted by Gasteiger charge is -2.25. The summed E-state index contributed by atoms with van der Waals surface area (Å²) in [7, 11) is 0. The highest BCUT2D eigenvalue weighted by Crippen LogP contribution is 2.26. The Morgan fingerprint density at radius 3 is 2.85 bits per heavy atom. The van der Waals surface area contributed by atoms with Crippen LogP contribution in [-0.4, -0.2) is 41.0 Å². The third-order valence-electron chi connectivity index (χ3n) is 2.75. The summed E-state index contributed by atoms with van der Waals surface area (Å²) in [5.41, 5.74) is 0.558. The Bertz CT molecular complexity index is 522. The van der Waals surface area contributed by atoms with Crippen molar-refractivity contribution in [3.8, 4) is 5.75 Å². The monoisotopic (exact) mass is 278 g/mol. The fraction of sp³-hybridized carbons (Fsp3) is 0.500. The number of amides is 1. The summed E-state index contributed by atoms with van der Waals surface area (Å²) in [6.45, 7) is 6.50. The van der Waals surface area contributed by atoms with Gasteiger partial charge in [0.25, 0.3) is 0 Å². The van der Waals surface area contributed by atoms with Crippen LogP contribution in [0.15, 0.2) is 12.4 Å². The van der Waals surface area contributed by atoms with Crippen LogP contribution in [0.2, 0.25) is 0 Å². The van der Waals surface area contributed by atoms with Gasteiger partial charge in [-0.3, -0.25) is 9.78 Å². The molecule has 2 rings (SSSR count). The average molecular weight is 278 g/mol. The number of carbonyl (C=O) groups is 2. The maximum absolute atomic E-state index is 12.1. The van der Waals surface area contributed by atoms with Crippen molar-refractivity contribution >= 4 is 12.4 Å². The van der Waals surface area contributed by atoms with Crippen molar-refractivity contribution in [1.29, 1.82) is 0 Å². The number of nitrogens with zero attached hydrogens (tertiary/aromatic N) is 2. The van der Waals surface area contributed by atoms with E-state index in [-0.39, 0.29) is 0 Å². The predicted molar refractivity (Wildman–Crippen MR) is 71.8 cm³/mol. The normalized spacial score (nSPS) is 14.8. The Morgan fingerprint density at radius 2 is 2.20 bits per heavy atom. The average Bonchev–Trinajstić information content (AvgIpc) is 2.58. The molecule has 1 amide bonds. The van der Waals surface area contributed by atoms with Crippen molar-refractivity contribution < 1.29 is 19.1 Å². The van der Waals surface area contributed by atoms with E-state index in [1.54, 1.807) is 11.1 Å². The lowest BCUT2D eigenvalue weighted by Crippen LogP contribution is -2.37. The van der Waals surface area contributed by atoms with E-state index in [2.05, 4.69) is 4.98 Å². The third-order valence-corrected chi connectivity index (χ3v) is 2.75. The molecule has 1 aromatic rings. The van der Waals surface area contributed by atoms with Crippen LogP contribution in [0, 0.1) is 0 Å². The van der Waals surface area contributed by atoms with Gasteiger partial charge in [-0.05, 0) is 20.8 Å². The fourth-order valence-electron chi connectivity index (χ4n) is 1.91. The first-order valence-corrected chi connectivity index (χ1v) is 6.43. The Labute approximate surface area is 117 Å². The zero-order chi connectivity index (χ0) is 14.8.